The Labute approximate surface area is 107 Å². The Morgan fingerprint density at radius 1 is 1.22 bits per heavy atom. The summed E-state index contributed by atoms with van der Waals surface area (Å²) in [5.41, 5.74) is 3.62. The van der Waals surface area contributed by atoms with Crippen LogP contribution in [0.25, 0.3) is 0 Å². The summed E-state index contributed by atoms with van der Waals surface area (Å²) in [6, 6.07) is 11.7. The number of para-hydroxylation sites is 1. The molecule has 3 heteroatoms. The van der Waals surface area contributed by atoms with E-state index in [1.165, 1.54) is 0 Å². The number of rotatable bonds is 3. The number of nitrogens with one attached hydrogen (secondary N) is 1. The van der Waals surface area contributed by atoms with E-state index in [0.717, 1.165) is 22.6 Å². The van der Waals surface area contributed by atoms with Crippen LogP contribution in [0.2, 0.25) is 0 Å². The monoisotopic (exact) mass is 242 g/mol. The van der Waals surface area contributed by atoms with Gasteiger partial charge < -0.3 is 9.88 Å². The molecule has 0 atom stereocenters. The number of carbonyl (C=O) groups is 1. The molecule has 1 amide bonds. The largest absolute Gasteiger partial charge is 0.362 e. The molecule has 2 rings (SSSR count). The lowest BCUT2D eigenvalue weighted by Crippen LogP contribution is -2.30. The van der Waals surface area contributed by atoms with E-state index in [0.29, 0.717) is 6.54 Å². The normalized spacial score (nSPS) is 10.4. The van der Waals surface area contributed by atoms with Crippen molar-refractivity contribution >= 4 is 11.6 Å². The maximum absolute atomic E-state index is 12.5. The summed E-state index contributed by atoms with van der Waals surface area (Å²) in [6.07, 6.45) is 0. The third-order valence-corrected chi connectivity index (χ3v) is 3.01. The van der Waals surface area contributed by atoms with Gasteiger partial charge in [-0.25, -0.2) is 0 Å². The number of carbonyl (C=O) groups excluding carboxylic acids is 1. The van der Waals surface area contributed by atoms with Crippen LogP contribution in [0.5, 0.6) is 0 Å². The maximum Gasteiger partial charge on any atom is 0.260 e. The van der Waals surface area contributed by atoms with E-state index in [2.05, 4.69) is 4.98 Å². The van der Waals surface area contributed by atoms with E-state index in [9.17, 15) is 4.79 Å². The van der Waals surface area contributed by atoms with E-state index >= 15 is 0 Å². The van der Waals surface area contributed by atoms with Crippen LogP contribution in [0, 0.1) is 13.8 Å². The standard InChI is InChI=1S/C15H18N2O/c1-4-17(13-8-6-5-7-9-13)15(18)14-10-11(2)16-12(14)3/h5-10,16H,4H2,1-3H3. The quantitative estimate of drug-likeness (QED) is 0.880. The molecule has 0 radical (unpaired) electrons. The molecule has 0 aliphatic carbocycles. The Hall–Kier alpha value is -2.03. The highest BCUT2D eigenvalue weighted by molar-refractivity contribution is 6.06. The maximum atomic E-state index is 12.5. The van der Waals surface area contributed by atoms with E-state index in [4.69, 9.17) is 0 Å². The number of nitrogens with zero attached hydrogens (tertiary/aromatic N) is 1. The summed E-state index contributed by atoms with van der Waals surface area (Å²) in [5.74, 6) is 0.0468. The van der Waals surface area contributed by atoms with Gasteiger partial charge in [0, 0.05) is 23.6 Å². The van der Waals surface area contributed by atoms with Gasteiger partial charge in [-0.15, -0.1) is 0 Å². The first-order chi connectivity index (χ1) is 8.63. The van der Waals surface area contributed by atoms with Gasteiger partial charge in [0.05, 0.1) is 5.56 Å². The fraction of sp³-hybridized carbons (Fsp3) is 0.267. The first kappa shape index (κ1) is 12.4. The van der Waals surface area contributed by atoms with Gasteiger partial charge in [-0.2, -0.15) is 0 Å². The molecule has 0 saturated carbocycles. The van der Waals surface area contributed by atoms with Gasteiger partial charge in [0.1, 0.15) is 0 Å². The van der Waals surface area contributed by atoms with Crippen molar-refractivity contribution in [2.75, 3.05) is 11.4 Å². The van der Waals surface area contributed by atoms with Crippen molar-refractivity contribution in [2.45, 2.75) is 20.8 Å². The molecule has 3 nitrogen and oxygen atoms in total. The molecule has 0 bridgehead atoms. The number of hydrogen-bond acceptors (Lipinski definition) is 1. The predicted molar refractivity (Wildman–Crippen MR) is 74.1 cm³/mol. The fourth-order valence-electron chi connectivity index (χ4n) is 2.14. The van der Waals surface area contributed by atoms with Gasteiger partial charge in [-0.3, -0.25) is 4.79 Å². The number of aromatic amines is 1. The molecule has 2 aromatic rings. The Kier molecular flexibility index (Phi) is 3.51. The van der Waals surface area contributed by atoms with Crippen LogP contribution in [-0.4, -0.2) is 17.4 Å². The summed E-state index contributed by atoms with van der Waals surface area (Å²) >= 11 is 0. The predicted octanol–water partition coefficient (Wildman–Crippen LogP) is 3.30. The molecular formula is C15H18N2O. The van der Waals surface area contributed by atoms with Crippen molar-refractivity contribution in [3.8, 4) is 0 Å². The Bertz CT molecular complexity index is 543. The number of benzene rings is 1. The Morgan fingerprint density at radius 2 is 1.89 bits per heavy atom. The zero-order valence-electron chi connectivity index (χ0n) is 11.0. The SMILES string of the molecule is CCN(C(=O)c1cc(C)[nH]c1C)c1ccccc1. The summed E-state index contributed by atoms with van der Waals surface area (Å²) in [4.78, 5) is 17.5. The summed E-state index contributed by atoms with van der Waals surface area (Å²) < 4.78 is 0. The molecule has 1 N–H and O–H groups in total. The lowest BCUT2D eigenvalue weighted by Gasteiger charge is -2.20. The van der Waals surface area contributed by atoms with Crippen LogP contribution in [0.1, 0.15) is 28.7 Å². The van der Waals surface area contributed by atoms with E-state index in [-0.39, 0.29) is 5.91 Å². The van der Waals surface area contributed by atoms with Crippen molar-refractivity contribution in [3.05, 3.63) is 53.3 Å². The Morgan fingerprint density at radius 3 is 2.39 bits per heavy atom. The van der Waals surface area contributed by atoms with Gasteiger partial charge in [0.25, 0.3) is 5.91 Å². The van der Waals surface area contributed by atoms with E-state index < -0.39 is 0 Å². The van der Waals surface area contributed by atoms with Gasteiger partial charge in [-0.1, -0.05) is 18.2 Å². The first-order valence-electron chi connectivity index (χ1n) is 6.16. The molecule has 94 valence electrons. The van der Waals surface area contributed by atoms with Gasteiger partial charge >= 0.3 is 0 Å². The summed E-state index contributed by atoms with van der Waals surface area (Å²) in [6.45, 7) is 6.54. The highest BCUT2D eigenvalue weighted by Crippen LogP contribution is 2.19. The van der Waals surface area contributed by atoms with Crippen LogP contribution in [0.15, 0.2) is 36.4 Å². The van der Waals surface area contributed by atoms with Gasteiger partial charge in [-0.05, 0) is 39.0 Å². The van der Waals surface area contributed by atoms with Crippen LogP contribution in [-0.2, 0) is 0 Å². The van der Waals surface area contributed by atoms with Crippen LogP contribution in [0.3, 0.4) is 0 Å². The number of aryl methyl sites for hydroxylation is 2. The number of H-pyrrole nitrogens is 1. The van der Waals surface area contributed by atoms with Crippen LogP contribution < -0.4 is 4.90 Å². The summed E-state index contributed by atoms with van der Waals surface area (Å²) in [7, 11) is 0. The van der Waals surface area contributed by atoms with Crippen molar-refractivity contribution in [2.24, 2.45) is 0 Å². The minimum atomic E-state index is 0.0468. The lowest BCUT2D eigenvalue weighted by atomic mass is 10.2. The molecule has 0 fully saturated rings. The van der Waals surface area contributed by atoms with E-state index in [1.54, 1.807) is 4.90 Å². The minimum Gasteiger partial charge on any atom is -0.362 e. The smallest absolute Gasteiger partial charge is 0.260 e. The molecule has 1 heterocycles. The average molecular weight is 242 g/mol. The number of anilines is 1. The molecule has 0 aliphatic rings. The van der Waals surface area contributed by atoms with Crippen molar-refractivity contribution in [3.63, 3.8) is 0 Å². The molecule has 1 aromatic heterocycles. The van der Waals surface area contributed by atoms with Crippen molar-refractivity contribution in [1.82, 2.24) is 4.98 Å². The lowest BCUT2D eigenvalue weighted by molar-refractivity contribution is 0.0988. The second-order valence-corrected chi connectivity index (χ2v) is 4.38. The molecule has 0 spiro atoms. The second kappa shape index (κ2) is 5.08. The van der Waals surface area contributed by atoms with Gasteiger partial charge in [0.15, 0.2) is 0 Å². The molecular weight excluding hydrogens is 224 g/mol. The number of aromatic nitrogens is 1. The highest BCUT2D eigenvalue weighted by atomic mass is 16.2. The molecule has 0 unspecified atom stereocenters. The average Bonchev–Trinajstić information content (AvgIpc) is 2.70. The topological polar surface area (TPSA) is 36.1 Å². The van der Waals surface area contributed by atoms with Crippen molar-refractivity contribution in [1.29, 1.82) is 0 Å². The number of amides is 1. The van der Waals surface area contributed by atoms with Crippen LogP contribution >= 0.6 is 0 Å². The van der Waals surface area contributed by atoms with E-state index in [1.807, 2.05) is 57.2 Å². The molecule has 1 aromatic carbocycles. The molecule has 0 saturated heterocycles. The molecule has 18 heavy (non-hydrogen) atoms. The zero-order chi connectivity index (χ0) is 13.1. The third kappa shape index (κ3) is 2.30. The molecule has 0 aliphatic heterocycles. The summed E-state index contributed by atoms with van der Waals surface area (Å²) in [5, 5.41) is 0. The fourth-order valence-corrected chi connectivity index (χ4v) is 2.14. The zero-order valence-corrected chi connectivity index (χ0v) is 11.0. The first-order valence-corrected chi connectivity index (χ1v) is 6.16. The highest BCUT2D eigenvalue weighted by Gasteiger charge is 2.18. The van der Waals surface area contributed by atoms with Crippen molar-refractivity contribution < 1.29 is 4.79 Å². The number of hydrogen-bond donors (Lipinski definition) is 1. The minimum absolute atomic E-state index is 0.0468. The third-order valence-electron chi connectivity index (χ3n) is 3.01. The van der Waals surface area contributed by atoms with Crippen LogP contribution in [0.4, 0.5) is 5.69 Å². The Balaban J connectivity index is 2.34. The van der Waals surface area contributed by atoms with Gasteiger partial charge in [0.2, 0.25) is 0 Å². The second-order valence-electron chi connectivity index (χ2n) is 4.38.